The van der Waals surface area contributed by atoms with Gasteiger partial charge in [0.2, 0.25) is 5.91 Å². The highest BCUT2D eigenvalue weighted by molar-refractivity contribution is 5.95. The number of carbonyl (C=O) groups excluding carboxylic acids is 2. The summed E-state index contributed by atoms with van der Waals surface area (Å²) < 4.78 is 5.71. The van der Waals surface area contributed by atoms with Gasteiger partial charge in [0.25, 0.3) is 5.91 Å². The second kappa shape index (κ2) is 12.4. The fourth-order valence-electron chi connectivity index (χ4n) is 2.74. The van der Waals surface area contributed by atoms with E-state index in [1.807, 2.05) is 31.2 Å². The van der Waals surface area contributed by atoms with Crippen LogP contribution in [0.15, 0.2) is 48.5 Å². The van der Waals surface area contributed by atoms with Crippen molar-refractivity contribution in [2.24, 2.45) is 0 Å². The van der Waals surface area contributed by atoms with Gasteiger partial charge in [0, 0.05) is 23.5 Å². The van der Waals surface area contributed by atoms with E-state index in [-0.39, 0.29) is 18.4 Å². The lowest BCUT2D eigenvalue weighted by molar-refractivity contribution is -0.114. The Hall–Kier alpha value is -3.02. The number of carbonyl (C=O) groups is 2. The number of ether oxygens (including phenoxy) is 1. The SMILES string of the molecule is CCCCCCOc1ccc(NC(=O)CNc2ccc(C(=O)NCC)cc2)cc1. The standard InChI is InChI=1S/C23H31N3O3/c1-3-5-6-7-16-29-21-14-12-20(13-15-21)26-22(27)17-25-19-10-8-18(9-11-19)23(28)24-4-2/h8-15,25H,3-7,16-17H2,1-2H3,(H,24,28)(H,26,27). The molecule has 0 saturated carbocycles. The van der Waals surface area contributed by atoms with Crippen LogP contribution < -0.4 is 20.7 Å². The van der Waals surface area contributed by atoms with Gasteiger partial charge in [0.1, 0.15) is 5.75 Å². The average molecular weight is 398 g/mol. The molecular weight excluding hydrogens is 366 g/mol. The number of anilines is 2. The highest BCUT2D eigenvalue weighted by atomic mass is 16.5. The summed E-state index contributed by atoms with van der Waals surface area (Å²) in [6.45, 7) is 5.50. The van der Waals surface area contributed by atoms with Crippen LogP contribution in [0, 0.1) is 0 Å². The number of unbranched alkanes of at least 4 members (excludes halogenated alkanes) is 3. The van der Waals surface area contributed by atoms with E-state index >= 15 is 0 Å². The van der Waals surface area contributed by atoms with Gasteiger partial charge in [0.05, 0.1) is 13.2 Å². The molecule has 6 heteroatoms. The zero-order chi connectivity index (χ0) is 20.9. The maximum absolute atomic E-state index is 12.1. The minimum absolute atomic E-state index is 0.106. The average Bonchev–Trinajstić information content (AvgIpc) is 2.74. The van der Waals surface area contributed by atoms with E-state index in [4.69, 9.17) is 4.74 Å². The first kappa shape index (κ1) is 22.3. The molecule has 6 nitrogen and oxygen atoms in total. The van der Waals surface area contributed by atoms with E-state index in [2.05, 4.69) is 22.9 Å². The third kappa shape index (κ3) is 8.25. The lowest BCUT2D eigenvalue weighted by atomic mass is 10.2. The summed E-state index contributed by atoms with van der Waals surface area (Å²) in [6, 6.07) is 14.4. The van der Waals surface area contributed by atoms with Crippen LogP contribution in [-0.2, 0) is 4.79 Å². The highest BCUT2D eigenvalue weighted by Gasteiger charge is 2.05. The summed E-state index contributed by atoms with van der Waals surface area (Å²) in [6.07, 6.45) is 4.69. The van der Waals surface area contributed by atoms with Gasteiger partial charge in [-0.15, -0.1) is 0 Å². The molecule has 3 N–H and O–H groups in total. The van der Waals surface area contributed by atoms with Crippen LogP contribution in [0.25, 0.3) is 0 Å². The predicted molar refractivity (Wildman–Crippen MR) is 118 cm³/mol. The molecule has 2 amide bonds. The molecule has 29 heavy (non-hydrogen) atoms. The Bertz CT molecular complexity index is 758. The van der Waals surface area contributed by atoms with Gasteiger partial charge >= 0.3 is 0 Å². The van der Waals surface area contributed by atoms with Crippen LogP contribution in [0.3, 0.4) is 0 Å². The zero-order valence-corrected chi connectivity index (χ0v) is 17.3. The third-order valence-corrected chi connectivity index (χ3v) is 4.34. The molecule has 0 saturated heterocycles. The first-order valence-corrected chi connectivity index (χ1v) is 10.3. The van der Waals surface area contributed by atoms with Crippen molar-refractivity contribution in [2.75, 3.05) is 30.3 Å². The van der Waals surface area contributed by atoms with Gasteiger partial charge in [0.15, 0.2) is 0 Å². The molecule has 0 atom stereocenters. The van der Waals surface area contributed by atoms with Crippen LogP contribution in [0.1, 0.15) is 49.9 Å². The molecule has 0 fully saturated rings. The molecule has 0 aliphatic carbocycles. The first-order valence-electron chi connectivity index (χ1n) is 10.3. The number of hydrogen-bond acceptors (Lipinski definition) is 4. The predicted octanol–water partition coefficient (Wildman–Crippen LogP) is 4.45. The van der Waals surface area contributed by atoms with Crippen molar-refractivity contribution in [3.8, 4) is 5.75 Å². The van der Waals surface area contributed by atoms with Crippen molar-refractivity contribution in [2.45, 2.75) is 39.5 Å². The lowest BCUT2D eigenvalue weighted by Crippen LogP contribution is -2.23. The van der Waals surface area contributed by atoms with Gasteiger partial charge in [-0.2, -0.15) is 0 Å². The fraction of sp³-hybridized carbons (Fsp3) is 0.391. The molecule has 156 valence electrons. The van der Waals surface area contributed by atoms with Gasteiger partial charge in [-0.25, -0.2) is 0 Å². The van der Waals surface area contributed by atoms with Crippen molar-refractivity contribution < 1.29 is 14.3 Å². The number of benzene rings is 2. The Morgan fingerprint density at radius 2 is 1.55 bits per heavy atom. The van der Waals surface area contributed by atoms with Crippen LogP contribution >= 0.6 is 0 Å². The Kier molecular flexibility index (Phi) is 9.55. The van der Waals surface area contributed by atoms with E-state index < -0.39 is 0 Å². The second-order valence-electron chi connectivity index (χ2n) is 6.77. The fourth-order valence-corrected chi connectivity index (χ4v) is 2.74. The molecule has 0 aliphatic heterocycles. The van der Waals surface area contributed by atoms with E-state index in [1.165, 1.54) is 19.3 Å². The highest BCUT2D eigenvalue weighted by Crippen LogP contribution is 2.16. The number of rotatable bonds is 12. The van der Waals surface area contributed by atoms with Gasteiger partial charge in [-0.3, -0.25) is 9.59 Å². The van der Waals surface area contributed by atoms with Crippen LogP contribution in [-0.4, -0.2) is 31.5 Å². The first-order chi connectivity index (χ1) is 14.1. The third-order valence-electron chi connectivity index (χ3n) is 4.34. The summed E-state index contributed by atoms with van der Waals surface area (Å²) in [5.74, 6) is 0.557. The van der Waals surface area contributed by atoms with E-state index in [9.17, 15) is 9.59 Å². The normalized spacial score (nSPS) is 10.3. The summed E-state index contributed by atoms with van der Waals surface area (Å²) >= 11 is 0. The quantitative estimate of drug-likeness (QED) is 0.463. The molecule has 2 aromatic carbocycles. The minimum atomic E-state index is -0.147. The maximum Gasteiger partial charge on any atom is 0.251 e. The van der Waals surface area contributed by atoms with Crippen LogP contribution in [0.4, 0.5) is 11.4 Å². The molecule has 0 radical (unpaired) electrons. The summed E-state index contributed by atoms with van der Waals surface area (Å²) in [5, 5.41) is 8.65. The van der Waals surface area contributed by atoms with E-state index in [1.54, 1.807) is 24.3 Å². The van der Waals surface area contributed by atoms with Crippen LogP contribution in [0.2, 0.25) is 0 Å². The molecule has 0 unspecified atom stereocenters. The molecule has 0 aliphatic rings. The number of nitrogens with one attached hydrogen (secondary N) is 3. The van der Waals surface area contributed by atoms with Crippen molar-refractivity contribution in [1.82, 2.24) is 5.32 Å². The summed E-state index contributed by atoms with van der Waals surface area (Å²) in [5.41, 5.74) is 2.09. The largest absolute Gasteiger partial charge is 0.494 e. The smallest absolute Gasteiger partial charge is 0.251 e. The Morgan fingerprint density at radius 3 is 2.21 bits per heavy atom. The Morgan fingerprint density at radius 1 is 0.862 bits per heavy atom. The molecule has 0 aromatic heterocycles. The van der Waals surface area contributed by atoms with Gasteiger partial charge in [-0.05, 0) is 61.9 Å². The molecule has 2 aromatic rings. The van der Waals surface area contributed by atoms with Gasteiger partial charge in [-0.1, -0.05) is 26.2 Å². The number of amides is 2. The molecule has 0 heterocycles. The second-order valence-corrected chi connectivity index (χ2v) is 6.77. The molecule has 0 bridgehead atoms. The molecular formula is C23H31N3O3. The lowest BCUT2D eigenvalue weighted by Gasteiger charge is -2.10. The number of hydrogen-bond donors (Lipinski definition) is 3. The monoisotopic (exact) mass is 397 g/mol. The zero-order valence-electron chi connectivity index (χ0n) is 17.3. The topological polar surface area (TPSA) is 79.5 Å². The van der Waals surface area contributed by atoms with E-state index in [0.29, 0.717) is 18.7 Å². The molecule has 2 rings (SSSR count). The van der Waals surface area contributed by atoms with Crippen molar-refractivity contribution in [1.29, 1.82) is 0 Å². The summed E-state index contributed by atoms with van der Waals surface area (Å²) in [7, 11) is 0. The van der Waals surface area contributed by atoms with Gasteiger partial charge < -0.3 is 20.7 Å². The van der Waals surface area contributed by atoms with Crippen molar-refractivity contribution in [3.05, 3.63) is 54.1 Å². The minimum Gasteiger partial charge on any atom is -0.494 e. The molecule has 0 spiro atoms. The summed E-state index contributed by atoms with van der Waals surface area (Å²) in [4.78, 5) is 23.9. The van der Waals surface area contributed by atoms with Crippen molar-refractivity contribution in [3.63, 3.8) is 0 Å². The Labute approximate surface area is 173 Å². The maximum atomic E-state index is 12.1. The van der Waals surface area contributed by atoms with Crippen LogP contribution in [0.5, 0.6) is 5.75 Å². The Balaban J connectivity index is 1.72. The van der Waals surface area contributed by atoms with Crippen molar-refractivity contribution >= 4 is 23.2 Å². The van der Waals surface area contributed by atoms with E-state index in [0.717, 1.165) is 23.5 Å².